The van der Waals surface area contributed by atoms with Crippen LogP contribution in [0.5, 0.6) is 0 Å². The van der Waals surface area contributed by atoms with Crippen LogP contribution in [-0.4, -0.2) is 20.5 Å². The predicted octanol–water partition coefficient (Wildman–Crippen LogP) is 3.02. The van der Waals surface area contributed by atoms with E-state index in [0.29, 0.717) is 0 Å². The van der Waals surface area contributed by atoms with E-state index < -0.39 is 8.32 Å². The minimum atomic E-state index is -1.43. The molecule has 0 unspecified atom stereocenters. The van der Waals surface area contributed by atoms with E-state index in [4.69, 9.17) is 9.16 Å². The molecule has 0 amide bonds. The smallest absolute Gasteiger partial charge is 0.184 e. The van der Waals surface area contributed by atoms with Gasteiger partial charge in [-0.1, -0.05) is 6.92 Å². The minimum Gasteiger partial charge on any atom is -0.412 e. The van der Waals surface area contributed by atoms with Gasteiger partial charge in [-0.15, -0.1) is 0 Å². The molecule has 3 heteroatoms. The van der Waals surface area contributed by atoms with Crippen molar-refractivity contribution in [3.05, 3.63) is 13.0 Å². The number of hydrogen-bond donors (Lipinski definition) is 0. The van der Waals surface area contributed by atoms with Crippen molar-refractivity contribution in [3.63, 3.8) is 0 Å². The van der Waals surface area contributed by atoms with E-state index in [2.05, 4.69) is 26.6 Å². The molecule has 2 radical (unpaired) electrons. The zero-order chi connectivity index (χ0) is 10.5. The Morgan fingerprint density at radius 3 is 2.00 bits per heavy atom. The summed E-state index contributed by atoms with van der Waals surface area (Å²) in [6, 6.07) is 0. The third kappa shape index (κ3) is 7.23. The predicted molar refractivity (Wildman–Crippen MR) is 58.7 cm³/mol. The van der Waals surface area contributed by atoms with Crippen molar-refractivity contribution >= 4 is 8.32 Å². The Balaban J connectivity index is 3.75. The third-order valence-corrected chi connectivity index (χ3v) is 2.71. The highest BCUT2D eigenvalue weighted by atomic mass is 28.4. The SMILES string of the molecule is C[CH][CH]O[C@H](C)[C@@H](C)O[Si](C)(C)C. The van der Waals surface area contributed by atoms with Gasteiger partial charge in [0.1, 0.15) is 0 Å². The second kappa shape index (κ2) is 5.78. The maximum atomic E-state index is 5.88. The van der Waals surface area contributed by atoms with Crippen molar-refractivity contribution in [2.24, 2.45) is 0 Å². The monoisotopic (exact) mass is 202 g/mol. The molecule has 0 N–H and O–H groups in total. The number of ether oxygens (including phenoxy) is 1. The van der Waals surface area contributed by atoms with Crippen molar-refractivity contribution in [1.29, 1.82) is 0 Å². The van der Waals surface area contributed by atoms with Crippen LogP contribution in [0.25, 0.3) is 0 Å². The van der Waals surface area contributed by atoms with Gasteiger partial charge in [-0.3, -0.25) is 0 Å². The molecule has 0 aliphatic carbocycles. The maximum absolute atomic E-state index is 5.88. The summed E-state index contributed by atoms with van der Waals surface area (Å²) >= 11 is 0. The van der Waals surface area contributed by atoms with Crippen molar-refractivity contribution in [1.82, 2.24) is 0 Å². The van der Waals surface area contributed by atoms with Gasteiger partial charge < -0.3 is 9.16 Å². The first kappa shape index (κ1) is 13.1. The Bertz CT molecular complexity index is 131. The van der Waals surface area contributed by atoms with E-state index in [1.54, 1.807) is 6.61 Å². The molecule has 0 spiro atoms. The highest BCUT2D eigenvalue weighted by molar-refractivity contribution is 6.69. The van der Waals surface area contributed by atoms with Crippen LogP contribution in [0.2, 0.25) is 19.6 Å². The molecule has 0 saturated heterocycles. The van der Waals surface area contributed by atoms with Gasteiger partial charge in [0.25, 0.3) is 0 Å². The number of hydrogen-bond acceptors (Lipinski definition) is 2. The van der Waals surface area contributed by atoms with Crippen LogP contribution in [0.4, 0.5) is 0 Å². The summed E-state index contributed by atoms with van der Waals surface area (Å²) in [6.45, 7) is 14.3. The zero-order valence-corrected chi connectivity index (χ0v) is 10.6. The van der Waals surface area contributed by atoms with Crippen LogP contribution in [0.3, 0.4) is 0 Å². The van der Waals surface area contributed by atoms with Gasteiger partial charge in [-0.25, -0.2) is 0 Å². The molecule has 0 aliphatic heterocycles. The highest BCUT2D eigenvalue weighted by Crippen LogP contribution is 2.12. The molecule has 2 nitrogen and oxygen atoms in total. The van der Waals surface area contributed by atoms with Gasteiger partial charge in [0.15, 0.2) is 8.32 Å². The van der Waals surface area contributed by atoms with Crippen LogP contribution >= 0.6 is 0 Å². The summed E-state index contributed by atoms with van der Waals surface area (Å²) < 4.78 is 11.3. The summed E-state index contributed by atoms with van der Waals surface area (Å²) in [4.78, 5) is 0. The molecule has 0 rings (SSSR count). The molecule has 0 aromatic rings. The lowest BCUT2D eigenvalue weighted by Crippen LogP contribution is -2.36. The summed E-state index contributed by atoms with van der Waals surface area (Å²) in [7, 11) is -1.43. The minimum absolute atomic E-state index is 0.128. The van der Waals surface area contributed by atoms with Crippen LogP contribution < -0.4 is 0 Å². The van der Waals surface area contributed by atoms with E-state index >= 15 is 0 Å². The van der Waals surface area contributed by atoms with E-state index in [0.717, 1.165) is 0 Å². The Labute approximate surface area is 83.8 Å². The fraction of sp³-hybridized carbons (Fsp3) is 0.800. The summed E-state index contributed by atoms with van der Waals surface area (Å²) in [5.41, 5.74) is 0. The normalized spacial score (nSPS) is 17.1. The standard InChI is InChI=1S/C10H22O2Si/c1-7-8-11-9(2)10(3)12-13(4,5)6/h7-10H,1-6H3/t9-,10-/m1/s1. The quantitative estimate of drug-likeness (QED) is 0.616. The lowest BCUT2D eigenvalue weighted by molar-refractivity contribution is 0.0257. The fourth-order valence-corrected chi connectivity index (χ4v) is 2.27. The van der Waals surface area contributed by atoms with E-state index in [1.165, 1.54) is 0 Å². The van der Waals surface area contributed by atoms with Gasteiger partial charge in [0.05, 0.1) is 18.8 Å². The van der Waals surface area contributed by atoms with Crippen molar-refractivity contribution in [2.75, 3.05) is 0 Å². The molecule has 13 heavy (non-hydrogen) atoms. The van der Waals surface area contributed by atoms with E-state index in [1.807, 2.05) is 20.3 Å². The Morgan fingerprint density at radius 2 is 1.62 bits per heavy atom. The summed E-state index contributed by atoms with van der Waals surface area (Å²) in [6.07, 6.45) is 2.18. The average molecular weight is 202 g/mol. The molecule has 0 aromatic heterocycles. The van der Waals surface area contributed by atoms with Gasteiger partial charge >= 0.3 is 0 Å². The van der Waals surface area contributed by atoms with E-state index in [-0.39, 0.29) is 12.2 Å². The van der Waals surface area contributed by atoms with Crippen LogP contribution in [0.15, 0.2) is 0 Å². The van der Waals surface area contributed by atoms with Crippen LogP contribution in [0.1, 0.15) is 20.8 Å². The van der Waals surface area contributed by atoms with Crippen LogP contribution in [-0.2, 0) is 9.16 Å². The second-order valence-electron chi connectivity index (χ2n) is 4.25. The molecule has 0 bridgehead atoms. The van der Waals surface area contributed by atoms with Gasteiger partial charge in [-0.05, 0) is 39.9 Å². The van der Waals surface area contributed by atoms with Crippen molar-refractivity contribution in [2.45, 2.75) is 52.6 Å². The lowest BCUT2D eigenvalue weighted by Gasteiger charge is -2.27. The molecular weight excluding hydrogens is 180 g/mol. The van der Waals surface area contributed by atoms with Crippen LogP contribution in [0, 0.1) is 13.0 Å². The second-order valence-corrected chi connectivity index (χ2v) is 8.71. The van der Waals surface area contributed by atoms with E-state index in [9.17, 15) is 0 Å². The fourth-order valence-electron chi connectivity index (χ4n) is 0.967. The van der Waals surface area contributed by atoms with Gasteiger partial charge in [0.2, 0.25) is 0 Å². The highest BCUT2D eigenvalue weighted by Gasteiger charge is 2.22. The first-order valence-electron chi connectivity index (χ1n) is 4.81. The van der Waals surface area contributed by atoms with Crippen molar-refractivity contribution in [3.8, 4) is 0 Å². The Morgan fingerprint density at radius 1 is 1.08 bits per heavy atom. The topological polar surface area (TPSA) is 18.5 Å². The molecule has 78 valence electrons. The molecular formula is C10H22O2Si. The first-order chi connectivity index (χ1) is 5.87. The largest absolute Gasteiger partial charge is 0.412 e. The molecule has 0 fully saturated rings. The third-order valence-electron chi connectivity index (χ3n) is 1.63. The summed E-state index contributed by atoms with van der Waals surface area (Å²) in [5, 5.41) is 0. The maximum Gasteiger partial charge on any atom is 0.184 e. The molecule has 2 atom stereocenters. The van der Waals surface area contributed by atoms with Gasteiger partial charge in [0, 0.05) is 0 Å². The summed E-state index contributed by atoms with van der Waals surface area (Å²) in [5.74, 6) is 0. The van der Waals surface area contributed by atoms with Crippen molar-refractivity contribution < 1.29 is 9.16 Å². The molecule has 0 heterocycles. The van der Waals surface area contributed by atoms with Gasteiger partial charge in [-0.2, -0.15) is 0 Å². The Hall–Kier alpha value is 0.137. The Kier molecular flexibility index (Phi) is 5.84. The molecule has 0 aromatic carbocycles. The molecule has 0 saturated carbocycles. The first-order valence-corrected chi connectivity index (χ1v) is 8.22. The number of rotatable bonds is 6. The zero-order valence-electron chi connectivity index (χ0n) is 9.63. The molecule has 0 aliphatic rings. The lowest BCUT2D eigenvalue weighted by atomic mass is 10.2. The average Bonchev–Trinajstić information content (AvgIpc) is 1.96.